The summed E-state index contributed by atoms with van der Waals surface area (Å²) in [5.41, 5.74) is -2.72. The Bertz CT molecular complexity index is 1080. The number of aliphatic hydroxyl groups is 1. The molecule has 0 saturated carbocycles. The maximum atomic E-state index is 13.7. The molecule has 3 rings (SSSR count). The lowest BCUT2D eigenvalue weighted by Gasteiger charge is -2.27. The number of rotatable bonds is 5. The summed E-state index contributed by atoms with van der Waals surface area (Å²) in [5.74, 6) is 0.237. The summed E-state index contributed by atoms with van der Waals surface area (Å²) in [4.78, 5) is 17.9. The summed E-state index contributed by atoms with van der Waals surface area (Å²) in [6.45, 7) is 0. The van der Waals surface area contributed by atoms with Crippen LogP contribution in [0.5, 0.6) is 5.75 Å². The van der Waals surface area contributed by atoms with Gasteiger partial charge in [0.1, 0.15) is 5.75 Å². The summed E-state index contributed by atoms with van der Waals surface area (Å²) in [5, 5.41) is 10.9. The van der Waals surface area contributed by atoms with Crippen LogP contribution in [0.3, 0.4) is 0 Å². The molecule has 0 bridgehead atoms. The minimum atomic E-state index is -4.96. The summed E-state index contributed by atoms with van der Waals surface area (Å²) in [7, 11) is 1.34. The van der Waals surface area contributed by atoms with Crippen molar-refractivity contribution in [3.05, 3.63) is 70.5 Å². The van der Waals surface area contributed by atoms with Gasteiger partial charge in [-0.15, -0.1) is 0 Å². The Kier molecular flexibility index (Phi) is 5.24. The molecule has 1 heterocycles. The van der Waals surface area contributed by atoms with Gasteiger partial charge < -0.3 is 14.8 Å². The van der Waals surface area contributed by atoms with Crippen LogP contribution in [0.25, 0.3) is 10.9 Å². The summed E-state index contributed by atoms with van der Waals surface area (Å²) in [6.07, 6.45) is -5.23. The number of fused-ring (bicyclic) bond motifs is 1. The molecule has 3 aromatic rings. The molecular weight excluding hydrogens is 373 g/mol. The normalized spacial score (nSPS) is 14.3. The van der Waals surface area contributed by atoms with E-state index < -0.39 is 18.2 Å². The standard InChI is InChI=1S/C20H17F3N2O3/c1-28-17-8-3-2-5-13(17)11-19(27,20(21,22)23)12-24-15-6-4-7-16-14(15)9-10-18(26)25-16/h2-10,12,27H,11H2,1H3,(H,25,26). The number of aromatic amines is 1. The van der Waals surface area contributed by atoms with E-state index in [2.05, 4.69) is 9.98 Å². The van der Waals surface area contributed by atoms with Crippen molar-refractivity contribution < 1.29 is 23.0 Å². The van der Waals surface area contributed by atoms with Gasteiger partial charge in [-0.3, -0.25) is 9.79 Å². The van der Waals surface area contributed by atoms with Crippen LogP contribution in [0.4, 0.5) is 18.9 Å². The smallest absolute Gasteiger partial charge is 0.422 e. The van der Waals surface area contributed by atoms with Gasteiger partial charge in [0, 0.05) is 24.1 Å². The number of aromatic nitrogens is 1. The van der Waals surface area contributed by atoms with Gasteiger partial charge in [0.2, 0.25) is 5.56 Å². The van der Waals surface area contributed by atoms with Gasteiger partial charge in [0.25, 0.3) is 0 Å². The van der Waals surface area contributed by atoms with Gasteiger partial charge in [-0.25, -0.2) is 0 Å². The van der Waals surface area contributed by atoms with Crippen molar-refractivity contribution in [2.75, 3.05) is 7.11 Å². The monoisotopic (exact) mass is 390 g/mol. The quantitative estimate of drug-likeness (QED) is 0.651. The van der Waals surface area contributed by atoms with Gasteiger partial charge in [-0.2, -0.15) is 13.2 Å². The van der Waals surface area contributed by atoms with Crippen molar-refractivity contribution in [2.24, 2.45) is 4.99 Å². The van der Waals surface area contributed by atoms with E-state index in [-0.39, 0.29) is 22.6 Å². The molecule has 0 aliphatic heterocycles. The van der Waals surface area contributed by atoms with Crippen molar-refractivity contribution in [2.45, 2.75) is 18.2 Å². The molecule has 0 aliphatic rings. The number of alkyl halides is 3. The molecule has 2 N–H and O–H groups in total. The molecule has 146 valence electrons. The van der Waals surface area contributed by atoms with Crippen LogP contribution < -0.4 is 10.3 Å². The lowest BCUT2D eigenvalue weighted by molar-refractivity contribution is -0.228. The fourth-order valence-electron chi connectivity index (χ4n) is 2.82. The number of aliphatic imine (C=N–C) groups is 1. The van der Waals surface area contributed by atoms with Crippen molar-refractivity contribution in [1.29, 1.82) is 0 Å². The zero-order chi connectivity index (χ0) is 20.4. The van der Waals surface area contributed by atoms with Crippen molar-refractivity contribution in [1.82, 2.24) is 4.98 Å². The first kappa shape index (κ1) is 19.6. The molecular formula is C20H17F3N2O3. The number of nitrogens with one attached hydrogen (secondary N) is 1. The third-order valence-electron chi connectivity index (χ3n) is 4.30. The average molecular weight is 390 g/mol. The van der Waals surface area contributed by atoms with Crippen LogP contribution in [0.1, 0.15) is 5.56 Å². The number of H-pyrrole nitrogens is 1. The number of hydrogen-bond donors (Lipinski definition) is 2. The second-order valence-corrected chi connectivity index (χ2v) is 6.23. The van der Waals surface area contributed by atoms with E-state index in [1.54, 1.807) is 24.3 Å². The number of hydrogen-bond acceptors (Lipinski definition) is 4. The number of methoxy groups -OCH3 is 1. The molecule has 5 nitrogen and oxygen atoms in total. The predicted molar refractivity (Wildman–Crippen MR) is 100 cm³/mol. The average Bonchev–Trinajstić information content (AvgIpc) is 2.65. The lowest BCUT2D eigenvalue weighted by Crippen LogP contribution is -2.48. The predicted octanol–water partition coefficient (Wildman–Crippen LogP) is 3.78. The highest BCUT2D eigenvalue weighted by atomic mass is 19.4. The number of nitrogens with zero attached hydrogens (tertiary/aromatic N) is 1. The largest absolute Gasteiger partial charge is 0.496 e. The molecule has 1 aromatic heterocycles. The van der Waals surface area contributed by atoms with E-state index in [9.17, 15) is 23.1 Å². The molecule has 0 saturated heterocycles. The van der Waals surface area contributed by atoms with Crippen LogP contribution in [-0.2, 0) is 6.42 Å². The molecule has 1 unspecified atom stereocenters. The molecule has 0 spiro atoms. The van der Waals surface area contributed by atoms with Crippen molar-refractivity contribution in [3.8, 4) is 5.75 Å². The van der Waals surface area contributed by atoms with E-state index in [0.717, 1.165) is 0 Å². The molecule has 0 amide bonds. The Morgan fingerprint density at radius 3 is 2.57 bits per heavy atom. The van der Waals surface area contributed by atoms with E-state index in [0.29, 0.717) is 17.1 Å². The molecule has 2 aromatic carbocycles. The molecule has 28 heavy (non-hydrogen) atoms. The molecule has 0 radical (unpaired) electrons. The van der Waals surface area contributed by atoms with Gasteiger partial charge in [-0.1, -0.05) is 24.3 Å². The molecule has 8 heteroatoms. The second-order valence-electron chi connectivity index (χ2n) is 6.23. The number of para-hydroxylation sites is 1. The SMILES string of the molecule is COc1ccccc1CC(O)(C=Nc1cccc2[nH]c(=O)ccc12)C(F)(F)F. The molecule has 1 atom stereocenters. The zero-order valence-electron chi connectivity index (χ0n) is 14.8. The van der Waals surface area contributed by atoms with Gasteiger partial charge in [0.15, 0.2) is 5.60 Å². The van der Waals surface area contributed by atoms with Crippen LogP contribution in [0.15, 0.2) is 64.4 Å². The van der Waals surface area contributed by atoms with Gasteiger partial charge >= 0.3 is 6.18 Å². The highest BCUT2D eigenvalue weighted by Gasteiger charge is 2.53. The van der Waals surface area contributed by atoms with Crippen LogP contribution >= 0.6 is 0 Å². The van der Waals surface area contributed by atoms with Gasteiger partial charge in [0.05, 0.1) is 18.3 Å². The second kappa shape index (κ2) is 7.47. The maximum Gasteiger partial charge on any atom is 0.422 e. The Hall–Kier alpha value is -3.13. The van der Waals surface area contributed by atoms with Crippen molar-refractivity contribution >= 4 is 22.8 Å². The Morgan fingerprint density at radius 1 is 1.11 bits per heavy atom. The minimum absolute atomic E-state index is 0.191. The fourth-order valence-corrected chi connectivity index (χ4v) is 2.82. The van der Waals surface area contributed by atoms with E-state index >= 15 is 0 Å². The maximum absolute atomic E-state index is 13.7. The van der Waals surface area contributed by atoms with Crippen LogP contribution in [0.2, 0.25) is 0 Å². The van der Waals surface area contributed by atoms with Crippen LogP contribution in [-0.4, -0.2) is 35.2 Å². The van der Waals surface area contributed by atoms with E-state index in [1.165, 1.54) is 37.4 Å². The fraction of sp³-hybridized carbons (Fsp3) is 0.200. The van der Waals surface area contributed by atoms with Gasteiger partial charge in [-0.05, 0) is 29.8 Å². The van der Waals surface area contributed by atoms with E-state index in [1.807, 2.05) is 0 Å². The highest BCUT2D eigenvalue weighted by Crippen LogP contribution is 2.35. The minimum Gasteiger partial charge on any atom is -0.496 e. The third-order valence-corrected chi connectivity index (χ3v) is 4.30. The number of benzene rings is 2. The van der Waals surface area contributed by atoms with E-state index in [4.69, 9.17) is 4.74 Å². The number of halogens is 3. The summed E-state index contributed by atoms with van der Waals surface area (Å²) < 4.78 is 46.1. The van der Waals surface area contributed by atoms with Crippen molar-refractivity contribution in [3.63, 3.8) is 0 Å². The van der Waals surface area contributed by atoms with Crippen LogP contribution in [0, 0.1) is 0 Å². The topological polar surface area (TPSA) is 74.7 Å². The lowest BCUT2D eigenvalue weighted by atomic mass is 9.94. The first-order chi connectivity index (χ1) is 13.2. The number of ether oxygens (including phenoxy) is 1. The third kappa shape index (κ3) is 3.91. The Morgan fingerprint density at radius 2 is 1.86 bits per heavy atom. The first-order valence-corrected chi connectivity index (χ1v) is 8.32. The Balaban J connectivity index is 2.03. The summed E-state index contributed by atoms with van der Waals surface area (Å²) >= 11 is 0. The summed E-state index contributed by atoms with van der Waals surface area (Å²) in [6, 6.07) is 13.5. The molecule has 0 fully saturated rings. The first-order valence-electron chi connectivity index (χ1n) is 8.32. The number of pyridine rings is 1. The Labute approximate surface area is 158 Å². The zero-order valence-corrected chi connectivity index (χ0v) is 14.8. The molecule has 0 aliphatic carbocycles. The highest BCUT2D eigenvalue weighted by molar-refractivity contribution is 5.91.